The highest BCUT2D eigenvalue weighted by Crippen LogP contribution is 2.43. The number of nitrogens with zero attached hydrogens (tertiary/aromatic N) is 3. The fourth-order valence-electron chi connectivity index (χ4n) is 7.33. The smallest absolute Gasteiger partial charge is 0.290 e. The lowest BCUT2D eigenvalue weighted by Crippen LogP contribution is -2.62. The van der Waals surface area contributed by atoms with Crippen molar-refractivity contribution >= 4 is 35.3 Å². The van der Waals surface area contributed by atoms with E-state index in [0.717, 1.165) is 18.4 Å². The minimum atomic E-state index is -2.63. The summed E-state index contributed by atoms with van der Waals surface area (Å²) in [5, 5.41) is 10.9. The van der Waals surface area contributed by atoms with Gasteiger partial charge in [0.05, 0.1) is 18.3 Å². The zero-order valence-corrected chi connectivity index (χ0v) is 31.8. The second kappa shape index (κ2) is 18.5. The van der Waals surface area contributed by atoms with Crippen molar-refractivity contribution in [2.45, 2.75) is 117 Å². The number of alkyl halides is 2. The SMILES string of the molecule is CC(C)C(NC(=O)c1cnccn1)C(=O)N[C@H](C(=O)N1C[C@@H]2CCC[C@@H]2C1C(=O)NC(CCCC(F)F)C(=O)C(=O)N[C@@H](C)c1ccccc1)C(C)(C)C. The first-order chi connectivity index (χ1) is 25.5. The van der Waals surface area contributed by atoms with Gasteiger partial charge in [-0.2, -0.15) is 0 Å². The Bertz CT molecular complexity index is 1640. The first-order valence-electron chi connectivity index (χ1n) is 18.7. The summed E-state index contributed by atoms with van der Waals surface area (Å²) in [5.41, 5.74) is -0.0769. The van der Waals surface area contributed by atoms with E-state index in [1.807, 2.05) is 6.07 Å². The average molecular weight is 754 g/mol. The van der Waals surface area contributed by atoms with E-state index in [2.05, 4.69) is 31.2 Å². The molecule has 13 nitrogen and oxygen atoms in total. The van der Waals surface area contributed by atoms with Crippen molar-refractivity contribution in [3.8, 4) is 0 Å². The molecule has 54 heavy (non-hydrogen) atoms. The summed E-state index contributed by atoms with van der Waals surface area (Å²) >= 11 is 0. The molecule has 1 aliphatic heterocycles. The van der Waals surface area contributed by atoms with Crippen LogP contribution in [0.25, 0.3) is 0 Å². The van der Waals surface area contributed by atoms with Crippen LogP contribution < -0.4 is 21.3 Å². The average Bonchev–Trinajstić information content (AvgIpc) is 3.73. The Morgan fingerprint density at radius 2 is 1.61 bits per heavy atom. The van der Waals surface area contributed by atoms with E-state index in [-0.39, 0.29) is 42.8 Å². The van der Waals surface area contributed by atoms with Crippen molar-refractivity contribution in [3.05, 3.63) is 60.2 Å². The number of hydrogen-bond acceptors (Lipinski definition) is 8. The molecule has 2 aliphatic rings. The monoisotopic (exact) mass is 753 g/mol. The van der Waals surface area contributed by atoms with E-state index in [0.29, 0.717) is 6.42 Å². The highest BCUT2D eigenvalue weighted by molar-refractivity contribution is 6.38. The number of halogens is 2. The maximum Gasteiger partial charge on any atom is 0.290 e. The molecule has 1 aromatic heterocycles. The number of aromatic nitrogens is 2. The molecule has 4 rings (SSSR count). The van der Waals surface area contributed by atoms with E-state index in [1.54, 1.807) is 65.8 Å². The van der Waals surface area contributed by atoms with Crippen LogP contribution in [0.4, 0.5) is 8.78 Å². The molecular weight excluding hydrogens is 700 g/mol. The van der Waals surface area contributed by atoms with Gasteiger partial charge in [0.25, 0.3) is 11.8 Å². The Hall–Kier alpha value is -4.82. The van der Waals surface area contributed by atoms with E-state index < -0.39 is 83.8 Å². The highest BCUT2D eigenvalue weighted by atomic mass is 19.3. The lowest BCUT2D eigenvalue weighted by atomic mass is 9.85. The maximum absolute atomic E-state index is 14.6. The number of ketones is 1. The van der Waals surface area contributed by atoms with Gasteiger partial charge in [0.2, 0.25) is 29.9 Å². The van der Waals surface area contributed by atoms with Gasteiger partial charge in [-0.05, 0) is 61.3 Å². The van der Waals surface area contributed by atoms with Gasteiger partial charge < -0.3 is 26.2 Å². The Labute approximate surface area is 315 Å². The summed E-state index contributed by atoms with van der Waals surface area (Å²) in [4.78, 5) is 91.6. The fraction of sp³-hybridized carbons (Fsp3) is 0.590. The fourth-order valence-corrected chi connectivity index (χ4v) is 7.33. The van der Waals surface area contributed by atoms with Gasteiger partial charge in [-0.1, -0.05) is 71.4 Å². The van der Waals surface area contributed by atoms with Crippen molar-refractivity contribution in [2.75, 3.05) is 6.54 Å². The zero-order valence-electron chi connectivity index (χ0n) is 31.8. The van der Waals surface area contributed by atoms with Gasteiger partial charge in [0.15, 0.2) is 0 Å². The van der Waals surface area contributed by atoms with E-state index in [4.69, 9.17) is 0 Å². The first-order valence-corrected chi connectivity index (χ1v) is 18.7. The van der Waals surface area contributed by atoms with Gasteiger partial charge in [-0.25, -0.2) is 13.8 Å². The number of carbonyl (C=O) groups excluding carboxylic acids is 6. The summed E-state index contributed by atoms with van der Waals surface area (Å²) < 4.78 is 26.3. The van der Waals surface area contributed by atoms with Gasteiger partial charge in [-0.15, -0.1) is 0 Å². The quantitative estimate of drug-likeness (QED) is 0.187. The Balaban J connectivity index is 1.55. The van der Waals surface area contributed by atoms with Crippen LogP contribution in [0.15, 0.2) is 48.9 Å². The minimum Gasteiger partial charge on any atom is -0.344 e. The zero-order chi connectivity index (χ0) is 39.7. The molecule has 5 amide bonds. The van der Waals surface area contributed by atoms with E-state index in [9.17, 15) is 37.5 Å². The number of fused-ring (bicyclic) bond motifs is 1. The second-order valence-electron chi connectivity index (χ2n) is 15.7. The number of rotatable bonds is 16. The van der Waals surface area contributed by atoms with Gasteiger partial charge in [0, 0.05) is 25.4 Å². The Morgan fingerprint density at radius 1 is 0.907 bits per heavy atom. The number of benzene rings is 1. The molecule has 0 bridgehead atoms. The van der Waals surface area contributed by atoms with Crippen molar-refractivity contribution in [3.63, 3.8) is 0 Å². The topological polar surface area (TPSA) is 180 Å². The van der Waals surface area contributed by atoms with Crippen LogP contribution in [0.5, 0.6) is 0 Å². The largest absolute Gasteiger partial charge is 0.344 e. The summed E-state index contributed by atoms with van der Waals surface area (Å²) in [7, 11) is 0. The van der Waals surface area contributed by atoms with Gasteiger partial charge in [0.1, 0.15) is 23.8 Å². The first kappa shape index (κ1) is 41.9. The summed E-state index contributed by atoms with van der Waals surface area (Å²) in [6.45, 7) is 10.8. The lowest BCUT2D eigenvalue weighted by Gasteiger charge is -2.37. The molecule has 0 radical (unpaired) electrons. The Kier molecular flexibility index (Phi) is 14.3. The van der Waals surface area contributed by atoms with Crippen molar-refractivity contribution < 1.29 is 37.5 Å². The number of hydrogen-bond donors (Lipinski definition) is 4. The molecule has 4 N–H and O–H groups in total. The van der Waals surface area contributed by atoms with Crippen LogP contribution >= 0.6 is 0 Å². The third-order valence-electron chi connectivity index (χ3n) is 10.3. The summed E-state index contributed by atoms with van der Waals surface area (Å²) in [6, 6.07) is 3.83. The third-order valence-corrected chi connectivity index (χ3v) is 10.3. The van der Waals surface area contributed by atoms with Crippen LogP contribution in [0.1, 0.15) is 102 Å². The maximum atomic E-state index is 14.6. The van der Waals surface area contributed by atoms with Crippen molar-refractivity contribution in [1.29, 1.82) is 0 Å². The normalized spacial score (nSPS) is 20.4. The predicted octanol–water partition coefficient (Wildman–Crippen LogP) is 3.76. The van der Waals surface area contributed by atoms with Crippen LogP contribution in [0.2, 0.25) is 0 Å². The van der Waals surface area contributed by atoms with Crippen molar-refractivity contribution in [1.82, 2.24) is 36.1 Å². The molecule has 3 unspecified atom stereocenters. The third kappa shape index (κ3) is 10.7. The second-order valence-corrected chi connectivity index (χ2v) is 15.7. The number of likely N-dealkylation sites (tertiary alicyclic amines) is 1. The molecule has 1 aliphatic carbocycles. The van der Waals surface area contributed by atoms with Crippen LogP contribution in [0.3, 0.4) is 0 Å². The number of Topliss-reactive ketones (excluding diaryl/α,β-unsaturated/α-hetero) is 1. The molecule has 15 heteroatoms. The minimum absolute atomic E-state index is 0.0151. The van der Waals surface area contributed by atoms with Gasteiger partial charge >= 0.3 is 0 Å². The molecular formula is C39H53F2N7O6. The molecule has 1 aromatic carbocycles. The standard InChI is InChI=1S/C39H53F2N7O6/c1-22(2)30(46-34(50)28-20-42-18-19-43-28)35(51)47-33(39(4,5)6)38(54)48-21-25-14-10-15-26(25)31(48)36(52)45-27(16-11-17-29(40)41)32(49)37(53)44-23(3)24-12-8-7-9-13-24/h7-9,12-13,18-20,22-23,25-27,29-31,33H,10-11,14-17,21H2,1-6H3,(H,44,53)(H,45,52)(H,46,50)(H,47,51)/t23-,25-,26-,27?,30?,31?,33+/m0/s1. The molecule has 7 atom stereocenters. The van der Waals surface area contributed by atoms with Crippen LogP contribution in [-0.4, -0.2) is 87.3 Å². The van der Waals surface area contributed by atoms with E-state index in [1.165, 1.54) is 23.5 Å². The van der Waals surface area contributed by atoms with Crippen molar-refractivity contribution in [2.24, 2.45) is 23.2 Å². The molecule has 2 fully saturated rings. The van der Waals surface area contributed by atoms with E-state index >= 15 is 0 Å². The highest BCUT2D eigenvalue weighted by Gasteiger charge is 2.52. The molecule has 2 heterocycles. The number of carbonyl (C=O) groups is 6. The molecule has 1 saturated heterocycles. The van der Waals surface area contributed by atoms with Crippen LogP contribution in [0, 0.1) is 23.2 Å². The van der Waals surface area contributed by atoms with Crippen LogP contribution in [-0.2, 0) is 24.0 Å². The predicted molar refractivity (Wildman–Crippen MR) is 196 cm³/mol. The number of amides is 5. The molecule has 294 valence electrons. The Morgan fingerprint density at radius 3 is 2.22 bits per heavy atom. The molecule has 2 aromatic rings. The molecule has 0 spiro atoms. The van der Waals surface area contributed by atoms with Gasteiger partial charge in [-0.3, -0.25) is 33.8 Å². The molecule has 1 saturated carbocycles. The summed E-state index contributed by atoms with van der Waals surface area (Å²) in [5.74, 6) is -4.95. The summed E-state index contributed by atoms with van der Waals surface area (Å²) in [6.07, 6.45) is 2.80. The lowest BCUT2D eigenvalue weighted by molar-refractivity contribution is -0.146. The number of nitrogens with one attached hydrogen (secondary N) is 4.